The van der Waals surface area contributed by atoms with Gasteiger partial charge in [-0.05, 0) is 55.5 Å². The molecule has 0 radical (unpaired) electrons. The van der Waals surface area contributed by atoms with Crippen molar-refractivity contribution in [2.75, 3.05) is 6.61 Å². The minimum Gasteiger partial charge on any atom is -0.462 e. The molecule has 136 valence electrons. The number of para-hydroxylation sites is 1. The normalized spacial score (nSPS) is 10.1. The molecule has 0 atom stereocenters. The number of hydrogen-bond donors (Lipinski definition) is 0. The Morgan fingerprint density at radius 2 is 1.89 bits per heavy atom. The minimum absolute atomic E-state index is 0.224. The summed E-state index contributed by atoms with van der Waals surface area (Å²) >= 11 is 6.45. The van der Waals surface area contributed by atoms with Gasteiger partial charge in [-0.25, -0.2) is 9.18 Å². The van der Waals surface area contributed by atoms with Crippen LogP contribution in [0.3, 0.4) is 0 Å². The molecule has 27 heavy (non-hydrogen) atoms. The van der Waals surface area contributed by atoms with Gasteiger partial charge in [0, 0.05) is 5.69 Å². The van der Waals surface area contributed by atoms with Crippen LogP contribution in [0.4, 0.5) is 15.9 Å². The van der Waals surface area contributed by atoms with Crippen LogP contribution in [0, 0.1) is 9.77 Å². The number of esters is 1. The lowest BCUT2D eigenvalue weighted by atomic mass is 10.3. The maximum Gasteiger partial charge on any atom is 0.352 e. The standard InChI is InChI=1S/C19H14FN3O2S2/c1-2-25-18(24)16-17(22-12-21-14-6-4-3-5-7-14)23(19(26)27-16)15-10-8-13(20)9-11-15/h3-11H,2H2,1H3. The number of hydrogen-bond acceptors (Lipinski definition) is 6. The molecule has 0 spiro atoms. The average Bonchev–Trinajstić information content (AvgIpc) is 3.00. The highest BCUT2D eigenvalue weighted by atomic mass is 32.1. The number of aliphatic imine (C=N–C) groups is 2. The molecule has 0 amide bonds. The van der Waals surface area contributed by atoms with E-state index in [4.69, 9.17) is 17.0 Å². The lowest BCUT2D eigenvalue weighted by molar-refractivity contribution is 0.0532. The van der Waals surface area contributed by atoms with E-state index >= 15 is 0 Å². The van der Waals surface area contributed by atoms with Crippen molar-refractivity contribution in [1.82, 2.24) is 4.57 Å². The predicted octanol–water partition coefficient (Wildman–Crippen LogP) is 5.72. The fraction of sp³-hybridized carbons (Fsp3) is 0.105. The Balaban J connectivity index is 2.13. The van der Waals surface area contributed by atoms with E-state index in [1.54, 1.807) is 35.8 Å². The van der Waals surface area contributed by atoms with Crippen LogP contribution < -0.4 is 0 Å². The van der Waals surface area contributed by atoms with E-state index in [-0.39, 0.29) is 23.1 Å². The first kappa shape index (κ1) is 18.8. The van der Waals surface area contributed by atoms with Crippen LogP contribution in [0.1, 0.15) is 16.6 Å². The second kappa shape index (κ2) is 8.64. The van der Waals surface area contributed by atoms with Gasteiger partial charge >= 0.3 is 5.97 Å². The lowest BCUT2D eigenvalue weighted by Crippen LogP contribution is -2.03. The zero-order valence-electron chi connectivity index (χ0n) is 14.3. The van der Waals surface area contributed by atoms with Crippen molar-refractivity contribution in [3.05, 3.63) is 69.2 Å². The van der Waals surface area contributed by atoms with E-state index in [1.807, 2.05) is 18.2 Å². The molecule has 0 aliphatic carbocycles. The summed E-state index contributed by atoms with van der Waals surface area (Å²) in [6.45, 7) is 1.94. The number of thiazole rings is 1. The molecule has 3 rings (SSSR count). The third-order valence-corrected chi connectivity index (χ3v) is 4.77. The second-order valence-corrected chi connectivity index (χ2v) is 6.86. The summed E-state index contributed by atoms with van der Waals surface area (Å²) < 4.78 is 20.3. The van der Waals surface area contributed by atoms with Crippen molar-refractivity contribution in [2.45, 2.75) is 6.92 Å². The van der Waals surface area contributed by atoms with E-state index in [2.05, 4.69) is 16.0 Å². The van der Waals surface area contributed by atoms with Gasteiger partial charge in [0.1, 0.15) is 11.8 Å². The number of carbonyl (C=O) groups is 1. The van der Waals surface area contributed by atoms with Crippen molar-refractivity contribution in [3.63, 3.8) is 0 Å². The van der Waals surface area contributed by atoms with E-state index in [0.29, 0.717) is 15.3 Å². The highest BCUT2D eigenvalue weighted by molar-refractivity contribution is 7.73. The van der Waals surface area contributed by atoms with Crippen molar-refractivity contribution >= 4 is 47.0 Å². The molecule has 8 heteroatoms. The maximum absolute atomic E-state index is 13.3. The van der Waals surface area contributed by atoms with Crippen LogP contribution in [0.15, 0.2) is 64.6 Å². The lowest BCUT2D eigenvalue weighted by Gasteiger charge is -2.05. The molecular formula is C19H14FN3O2S2. The average molecular weight is 399 g/mol. The van der Waals surface area contributed by atoms with Gasteiger partial charge < -0.3 is 4.74 Å². The number of benzene rings is 2. The number of nitrogens with zero attached hydrogens (tertiary/aromatic N) is 3. The smallest absolute Gasteiger partial charge is 0.352 e. The molecule has 3 aromatic rings. The Bertz CT molecular complexity index is 1070. The van der Waals surface area contributed by atoms with Crippen LogP contribution in [0.5, 0.6) is 0 Å². The molecule has 1 heterocycles. The number of rotatable bonds is 5. The first-order valence-electron chi connectivity index (χ1n) is 8.00. The molecule has 0 N–H and O–H groups in total. The van der Waals surface area contributed by atoms with E-state index in [0.717, 1.165) is 11.3 Å². The van der Waals surface area contributed by atoms with Crippen LogP contribution >= 0.6 is 23.6 Å². The first-order chi connectivity index (χ1) is 13.1. The summed E-state index contributed by atoms with van der Waals surface area (Å²) in [5.74, 6) is -0.661. The largest absolute Gasteiger partial charge is 0.462 e. The predicted molar refractivity (Wildman–Crippen MR) is 106 cm³/mol. The number of aromatic nitrogens is 1. The van der Waals surface area contributed by atoms with Gasteiger partial charge in [0.15, 0.2) is 14.6 Å². The highest BCUT2D eigenvalue weighted by Crippen LogP contribution is 2.31. The summed E-state index contributed by atoms with van der Waals surface area (Å²) in [6, 6.07) is 17.5. The summed E-state index contributed by atoms with van der Waals surface area (Å²) in [4.78, 5) is 20.9. The van der Waals surface area contributed by atoms with Gasteiger partial charge in [0.25, 0.3) is 0 Å². The molecule has 0 aliphatic heterocycles. The van der Waals surface area contributed by atoms with E-state index in [9.17, 15) is 9.18 Å². The Labute approximate surface area is 164 Å². The molecule has 2 aromatic carbocycles. The topological polar surface area (TPSA) is 56.0 Å². The third-order valence-electron chi connectivity index (χ3n) is 3.42. The fourth-order valence-corrected chi connectivity index (χ4v) is 3.52. The molecule has 0 bridgehead atoms. The van der Waals surface area contributed by atoms with E-state index < -0.39 is 5.97 Å². The quantitative estimate of drug-likeness (QED) is 0.313. The van der Waals surface area contributed by atoms with Crippen molar-refractivity contribution < 1.29 is 13.9 Å². The SMILES string of the molecule is CCOC(=O)c1sc(=S)n(-c2ccc(F)cc2)c1N=C=Nc1ccccc1. The first-order valence-corrected chi connectivity index (χ1v) is 9.23. The van der Waals surface area contributed by atoms with Gasteiger partial charge in [-0.1, -0.05) is 29.5 Å². The van der Waals surface area contributed by atoms with E-state index in [1.165, 1.54) is 12.1 Å². The van der Waals surface area contributed by atoms with Gasteiger partial charge in [-0.2, -0.15) is 9.98 Å². The number of halogens is 1. The molecule has 0 fully saturated rings. The highest BCUT2D eigenvalue weighted by Gasteiger charge is 2.21. The van der Waals surface area contributed by atoms with Gasteiger partial charge in [-0.3, -0.25) is 4.57 Å². The van der Waals surface area contributed by atoms with Gasteiger partial charge in [0.05, 0.1) is 12.3 Å². The van der Waals surface area contributed by atoms with Gasteiger partial charge in [-0.15, -0.1) is 0 Å². The summed E-state index contributed by atoms with van der Waals surface area (Å²) in [6.07, 6.45) is 0. The van der Waals surface area contributed by atoms with Crippen molar-refractivity contribution in [2.24, 2.45) is 9.98 Å². The second-order valence-electron chi connectivity index (χ2n) is 5.21. The fourth-order valence-electron chi connectivity index (χ4n) is 2.25. The van der Waals surface area contributed by atoms with Gasteiger partial charge in [0.2, 0.25) is 0 Å². The zero-order valence-corrected chi connectivity index (χ0v) is 15.9. The van der Waals surface area contributed by atoms with Crippen LogP contribution in [-0.4, -0.2) is 23.2 Å². The van der Waals surface area contributed by atoms with Crippen LogP contribution in [0.25, 0.3) is 5.69 Å². The Hall–Kier alpha value is -2.93. The van der Waals surface area contributed by atoms with Crippen LogP contribution in [0.2, 0.25) is 0 Å². The zero-order chi connectivity index (χ0) is 19.2. The maximum atomic E-state index is 13.3. The van der Waals surface area contributed by atoms with Crippen LogP contribution in [-0.2, 0) is 4.74 Å². The summed E-state index contributed by atoms with van der Waals surface area (Å²) in [7, 11) is 0. The Kier molecular flexibility index (Phi) is 6.03. The monoisotopic (exact) mass is 399 g/mol. The molecule has 0 aliphatic rings. The Morgan fingerprint density at radius 1 is 1.19 bits per heavy atom. The molecular weight excluding hydrogens is 385 g/mol. The molecule has 0 saturated carbocycles. The summed E-state index contributed by atoms with van der Waals surface area (Å²) in [5, 5.41) is 0. The molecule has 0 unspecified atom stereocenters. The number of carbonyl (C=O) groups excluding carboxylic acids is 1. The molecule has 0 saturated heterocycles. The number of ether oxygens (including phenoxy) is 1. The molecule has 1 aromatic heterocycles. The molecule has 5 nitrogen and oxygen atoms in total. The van der Waals surface area contributed by atoms with Crippen molar-refractivity contribution in [1.29, 1.82) is 0 Å². The Morgan fingerprint density at radius 3 is 2.56 bits per heavy atom. The third kappa shape index (κ3) is 4.43. The van der Waals surface area contributed by atoms with Crippen molar-refractivity contribution in [3.8, 4) is 5.69 Å². The summed E-state index contributed by atoms with van der Waals surface area (Å²) in [5.41, 5.74) is 1.24. The minimum atomic E-state index is -0.533.